The highest BCUT2D eigenvalue weighted by molar-refractivity contribution is 6.37. The van der Waals surface area contributed by atoms with Crippen molar-refractivity contribution < 1.29 is 4.79 Å². The predicted octanol–water partition coefficient (Wildman–Crippen LogP) is 0.572. The number of nitrogens with zero attached hydrogens (tertiary/aromatic N) is 2. The van der Waals surface area contributed by atoms with Crippen LogP contribution in [0.5, 0.6) is 0 Å². The van der Waals surface area contributed by atoms with E-state index in [1.165, 1.54) is 0 Å². The van der Waals surface area contributed by atoms with Crippen molar-refractivity contribution in [3.05, 3.63) is 23.5 Å². The summed E-state index contributed by atoms with van der Waals surface area (Å²) in [5, 5.41) is 10.0. The molecule has 5 heteroatoms. The fourth-order valence-corrected chi connectivity index (χ4v) is 0.844. The summed E-state index contributed by atoms with van der Waals surface area (Å²) in [5.74, 6) is -0.210. The molecule has 0 unspecified atom stereocenters. The van der Waals surface area contributed by atoms with Crippen LogP contribution in [0.15, 0.2) is 12.3 Å². The maximum Gasteiger partial charge on any atom is 0.259 e. The second-order valence-electron chi connectivity index (χ2n) is 2.70. The van der Waals surface area contributed by atoms with E-state index in [1.54, 1.807) is 19.7 Å². The van der Waals surface area contributed by atoms with Crippen molar-refractivity contribution in [2.75, 3.05) is 0 Å². The van der Waals surface area contributed by atoms with Gasteiger partial charge in [-0.3, -0.25) is 4.79 Å². The molecule has 0 fully saturated rings. The van der Waals surface area contributed by atoms with Gasteiger partial charge in [0.1, 0.15) is 5.69 Å². The summed E-state index contributed by atoms with van der Waals surface area (Å²) in [5.41, 5.74) is 1.28. The Morgan fingerprint density at radius 1 is 1.69 bits per heavy atom. The molecule has 1 N–H and O–H groups in total. The van der Waals surface area contributed by atoms with Gasteiger partial charge in [0.2, 0.25) is 7.41 Å². The van der Waals surface area contributed by atoms with E-state index in [-0.39, 0.29) is 5.91 Å². The van der Waals surface area contributed by atoms with Crippen LogP contribution in [0.25, 0.3) is 0 Å². The van der Waals surface area contributed by atoms with Crippen LogP contribution in [0.2, 0.25) is 6.32 Å². The summed E-state index contributed by atoms with van der Waals surface area (Å²) in [7, 11) is 1.69. The Kier molecular flexibility index (Phi) is 3.43. The zero-order valence-electron chi connectivity index (χ0n) is 7.74. The zero-order valence-corrected chi connectivity index (χ0v) is 7.74. The van der Waals surface area contributed by atoms with Gasteiger partial charge in [0.25, 0.3) is 5.91 Å². The fourth-order valence-electron chi connectivity index (χ4n) is 0.844. The van der Waals surface area contributed by atoms with Crippen molar-refractivity contribution in [2.45, 2.75) is 20.2 Å². The van der Waals surface area contributed by atoms with E-state index in [0.29, 0.717) is 5.69 Å². The van der Waals surface area contributed by atoms with Gasteiger partial charge in [-0.25, -0.2) is 0 Å². The van der Waals surface area contributed by atoms with E-state index in [2.05, 4.69) is 15.4 Å². The lowest BCUT2D eigenvalue weighted by molar-refractivity contribution is 0.0974. The third kappa shape index (κ3) is 2.85. The standard InChI is InChI=1S/C8H11BN3O/c1-3-9-11-8(13)7-4-6(2)5-10-12-7/h4-5H,3H2,1-2H3,(H,11,13). The van der Waals surface area contributed by atoms with Gasteiger partial charge in [-0.05, 0) is 18.6 Å². The molecule has 1 aromatic heterocycles. The van der Waals surface area contributed by atoms with Gasteiger partial charge in [-0.2, -0.15) is 5.10 Å². The van der Waals surface area contributed by atoms with E-state index in [1.807, 2.05) is 13.8 Å². The molecule has 0 saturated carbocycles. The van der Waals surface area contributed by atoms with E-state index in [4.69, 9.17) is 0 Å². The zero-order chi connectivity index (χ0) is 9.68. The maximum atomic E-state index is 11.3. The third-order valence-electron chi connectivity index (χ3n) is 1.46. The second kappa shape index (κ2) is 4.59. The summed E-state index contributed by atoms with van der Waals surface area (Å²) in [4.78, 5) is 11.3. The summed E-state index contributed by atoms with van der Waals surface area (Å²) >= 11 is 0. The van der Waals surface area contributed by atoms with E-state index in [9.17, 15) is 4.79 Å². The van der Waals surface area contributed by atoms with Gasteiger partial charge in [0, 0.05) is 0 Å². The number of hydrogen-bond acceptors (Lipinski definition) is 3. The predicted molar refractivity (Wildman–Crippen MR) is 50.5 cm³/mol. The molecule has 1 amide bonds. The molecule has 0 aliphatic rings. The van der Waals surface area contributed by atoms with Crippen LogP contribution >= 0.6 is 0 Å². The van der Waals surface area contributed by atoms with Gasteiger partial charge >= 0.3 is 0 Å². The van der Waals surface area contributed by atoms with Crippen LogP contribution in [-0.4, -0.2) is 23.5 Å². The van der Waals surface area contributed by atoms with Crippen molar-refractivity contribution in [1.82, 2.24) is 15.4 Å². The van der Waals surface area contributed by atoms with Gasteiger partial charge in [0.15, 0.2) is 0 Å². The smallest absolute Gasteiger partial charge is 0.259 e. The highest BCUT2D eigenvalue weighted by Gasteiger charge is 2.06. The minimum atomic E-state index is -0.210. The molecule has 0 aromatic carbocycles. The van der Waals surface area contributed by atoms with Crippen LogP contribution in [0.3, 0.4) is 0 Å². The van der Waals surface area contributed by atoms with Crippen LogP contribution < -0.4 is 5.23 Å². The Balaban J connectivity index is 2.66. The number of nitrogens with one attached hydrogen (secondary N) is 1. The molecule has 0 aliphatic heterocycles. The van der Waals surface area contributed by atoms with Crippen molar-refractivity contribution in [3.63, 3.8) is 0 Å². The average molecular weight is 176 g/mol. The number of aryl methyl sites for hydroxylation is 1. The lowest BCUT2D eigenvalue weighted by atomic mass is 9.90. The Morgan fingerprint density at radius 3 is 3.08 bits per heavy atom. The van der Waals surface area contributed by atoms with Crippen molar-refractivity contribution in [2.24, 2.45) is 0 Å². The van der Waals surface area contributed by atoms with Crippen molar-refractivity contribution >= 4 is 13.3 Å². The molecule has 1 aromatic rings. The SMILES string of the molecule is CC[B]NC(=O)c1cc(C)cnn1. The lowest BCUT2D eigenvalue weighted by Crippen LogP contribution is -2.27. The lowest BCUT2D eigenvalue weighted by Gasteiger charge is -2.00. The summed E-state index contributed by atoms with van der Waals surface area (Å²) in [6.45, 7) is 3.82. The number of rotatable bonds is 3. The second-order valence-corrected chi connectivity index (χ2v) is 2.70. The largest absolute Gasteiger partial charge is 0.398 e. The minimum absolute atomic E-state index is 0.210. The van der Waals surface area contributed by atoms with Gasteiger partial charge < -0.3 is 5.23 Å². The Hall–Kier alpha value is -1.39. The van der Waals surface area contributed by atoms with Gasteiger partial charge in [-0.15, -0.1) is 5.10 Å². The number of aromatic nitrogens is 2. The molecule has 1 radical (unpaired) electrons. The van der Waals surface area contributed by atoms with Gasteiger partial charge in [-0.1, -0.05) is 13.2 Å². The highest BCUT2D eigenvalue weighted by Crippen LogP contribution is 1.96. The van der Waals surface area contributed by atoms with Crippen molar-refractivity contribution in [1.29, 1.82) is 0 Å². The Morgan fingerprint density at radius 2 is 2.46 bits per heavy atom. The highest BCUT2D eigenvalue weighted by atomic mass is 16.1. The summed E-state index contributed by atoms with van der Waals surface area (Å²) in [6.07, 6.45) is 2.41. The first-order valence-corrected chi connectivity index (χ1v) is 4.16. The van der Waals surface area contributed by atoms with Crippen LogP contribution in [0, 0.1) is 6.92 Å². The molecule has 1 heterocycles. The quantitative estimate of drug-likeness (QED) is 0.685. The van der Waals surface area contributed by atoms with E-state index >= 15 is 0 Å². The maximum absolute atomic E-state index is 11.3. The molecule has 0 aliphatic carbocycles. The van der Waals surface area contributed by atoms with Crippen LogP contribution in [-0.2, 0) is 0 Å². The minimum Gasteiger partial charge on any atom is -0.398 e. The molecule has 13 heavy (non-hydrogen) atoms. The summed E-state index contributed by atoms with van der Waals surface area (Å²) in [6, 6.07) is 1.70. The molecule has 0 spiro atoms. The molecule has 0 saturated heterocycles. The first kappa shape index (κ1) is 9.70. The molecular formula is C8H11BN3O. The number of hydrogen-bond donors (Lipinski definition) is 1. The molecule has 67 valence electrons. The van der Waals surface area contributed by atoms with E-state index in [0.717, 1.165) is 11.9 Å². The third-order valence-corrected chi connectivity index (χ3v) is 1.46. The summed E-state index contributed by atoms with van der Waals surface area (Å²) < 4.78 is 0. The number of carbonyl (C=O) groups is 1. The molecule has 1 rings (SSSR count). The normalized spacial score (nSPS) is 9.38. The average Bonchev–Trinajstić information content (AvgIpc) is 2.14. The first-order chi connectivity index (χ1) is 6.24. The number of amides is 1. The number of carbonyl (C=O) groups excluding carboxylic acids is 1. The van der Waals surface area contributed by atoms with Gasteiger partial charge in [0.05, 0.1) is 6.20 Å². The monoisotopic (exact) mass is 176 g/mol. The molecule has 4 nitrogen and oxygen atoms in total. The molecule has 0 atom stereocenters. The topological polar surface area (TPSA) is 54.9 Å². The fraction of sp³-hybridized carbons (Fsp3) is 0.375. The molecular weight excluding hydrogens is 165 g/mol. The van der Waals surface area contributed by atoms with Crippen LogP contribution in [0.4, 0.5) is 0 Å². The van der Waals surface area contributed by atoms with E-state index < -0.39 is 0 Å². The first-order valence-electron chi connectivity index (χ1n) is 4.16. The van der Waals surface area contributed by atoms with Crippen molar-refractivity contribution in [3.8, 4) is 0 Å². The van der Waals surface area contributed by atoms with Crippen LogP contribution in [0.1, 0.15) is 23.0 Å². The Bertz CT molecular complexity index is 303. The Labute approximate surface area is 78.0 Å². The molecule has 0 bridgehead atoms.